The molecule has 122 heavy (non-hydrogen) atoms. The third-order valence-corrected chi connectivity index (χ3v) is 17.4. The molecule has 13 N–H and O–H groups in total. The number of primary amides is 4. The summed E-state index contributed by atoms with van der Waals surface area (Å²) in [6, 6.07) is 59.7. The smallest absolute Gasteiger partial charge is 0.320 e. The van der Waals surface area contributed by atoms with Crippen molar-refractivity contribution in [2.45, 2.75) is 166 Å². The normalized spacial score (nSPS) is 10.9. The Morgan fingerprint density at radius 1 is 0.434 bits per heavy atom. The highest BCUT2D eigenvalue weighted by Crippen LogP contribution is 2.32. The fourth-order valence-corrected chi connectivity index (χ4v) is 12.2. The third kappa shape index (κ3) is 32.5. The Morgan fingerprint density at radius 2 is 0.795 bits per heavy atom. The average molecular weight is 1680 g/mol. The summed E-state index contributed by atoms with van der Waals surface area (Å²) in [5.41, 5.74) is 27.8. The number of aromatic nitrogens is 5. The van der Waals surface area contributed by atoms with E-state index in [1.54, 1.807) is 80.8 Å². The summed E-state index contributed by atoms with van der Waals surface area (Å²) in [7, 11) is 5.05. The van der Waals surface area contributed by atoms with Gasteiger partial charge in [0.15, 0.2) is 0 Å². The van der Waals surface area contributed by atoms with Crippen molar-refractivity contribution in [1.82, 2.24) is 24.9 Å². The van der Waals surface area contributed by atoms with E-state index in [1.807, 2.05) is 235 Å². The van der Waals surface area contributed by atoms with E-state index in [0.29, 0.717) is 23.2 Å². The first-order valence-electron chi connectivity index (χ1n) is 39.1. The van der Waals surface area contributed by atoms with Crippen LogP contribution in [0.2, 0.25) is 5.15 Å². The van der Waals surface area contributed by atoms with E-state index in [2.05, 4.69) is 54.5 Å². The molecule has 0 aliphatic heterocycles. The first-order chi connectivity index (χ1) is 56.9. The number of nitrogens with one attached hydrogen (secondary N) is 2. The zero-order chi connectivity index (χ0) is 90.9. The van der Waals surface area contributed by atoms with Crippen LogP contribution in [-0.4, -0.2) is 108 Å². The molecule has 0 aliphatic rings. The van der Waals surface area contributed by atoms with E-state index in [0.717, 1.165) is 128 Å². The average Bonchev–Trinajstić information content (AvgIpc) is 0.826. The van der Waals surface area contributed by atoms with Crippen LogP contribution in [0.25, 0.3) is 53.9 Å². The molecule has 642 valence electrons. The van der Waals surface area contributed by atoms with Crippen LogP contribution in [0.5, 0.6) is 40.2 Å². The molecule has 0 aliphatic carbocycles. The van der Waals surface area contributed by atoms with Crippen molar-refractivity contribution in [2.24, 2.45) is 22.9 Å². The van der Waals surface area contributed by atoms with Crippen molar-refractivity contribution in [1.29, 1.82) is 5.26 Å². The van der Waals surface area contributed by atoms with Gasteiger partial charge in [0.2, 0.25) is 17.4 Å². The second-order valence-electron chi connectivity index (χ2n) is 32.7. The van der Waals surface area contributed by atoms with Crippen LogP contribution in [0.4, 0.5) is 27.0 Å². The fraction of sp³-hybridized carbons (Fsp3) is 0.292. The predicted molar refractivity (Wildman–Crippen MR) is 491 cm³/mol. The maximum atomic E-state index is 11.4. The minimum Gasteiger partial charge on any atom is -0.508 e. The second-order valence-corrected chi connectivity index (χ2v) is 33.1. The number of nitrogens with two attached hydrogens (primary N) is 4. The Labute approximate surface area is 718 Å². The fourth-order valence-electron chi connectivity index (χ4n) is 12.0. The van der Waals surface area contributed by atoms with Crippen LogP contribution >= 0.6 is 11.6 Å². The van der Waals surface area contributed by atoms with Crippen LogP contribution in [0.1, 0.15) is 134 Å². The number of halogens is 1. The predicted octanol–water partition coefficient (Wildman–Crippen LogP) is 19.1. The van der Waals surface area contributed by atoms with E-state index in [4.69, 9.17) is 69.0 Å². The summed E-state index contributed by atoms with van der Waals surface area (Å²) >= 11 is 5.96. The van der Waals surface area contributed by atoms with Gasteiger partial charge in [0.1, 0.15) is 85.3 Å². The summed E-state index contributed by atoms with van der Waals surface area (Å²) < 4.78 is 23.2. The van der Waals surface area contributed by atoms with Crippen LogP contribution in [0.15, 0.2) is 199 Å². The van der Waals surface area contributed by atoms with Crippen LogP contribution < -0.4 is 62.6 Å². The van der Waals surface area contributed by atoms with E-state index in [9.17, 15) is 29.1 Å². The monoisotopic (exact) mass is 1680 g/mol. The number of phenolic OH excluding ortho intramolecular Hbond substituents is 3. The molecule has 6 amide bonds. The Bertz CT molecular complexity index is 5840. The number of benzene rings is 8. The Morgan fingerprint density at radius 3 is 1.23 bits per heavy atom. The number of rotatable bonds is 12. The summed E-state index contributed by atoms with van der Waals surface area (Å²) in [4.78, 5) is 77.5. The van der Waals surface area contributed by atoms with Gasteiger partial charge in [-0.1, -0.05) is 71.8 Å². The molecule has 5 aromatic heterocycles. The summed E-state index contributed by atoms with van der Waals surface area (Å²) in [5.74, 6) is 5.05. The Kier molecular flexibility index (Phi) is 34.5. The number of nitriles is 1. The summed E-state index contributed by atoms with van der Waals surface area (Å²) in [6.45, 7) is 35.9. The summed E-state index contributed by atoms with van der Waals surface area (Å²) in [5, 5.41) is 49.6. The molecule has 0 atom stereocenters. The van der Waals surface area contributed by atoms with Gasteiger partial charge in [-0.25, -0.2) is 29.5 Å². The second kappa shape index (κ2) is 43.3. The lowest BCUT2D eigenvalue weighted by Crippen LogP contribution is -2.32. The van der Waals surface area contributed by atoms with E-state index in [-0.39, 0.29) is 64.0 Å². The number of carbonyl (C=O) groups excluding carboxylic acids is 4. The number of phenols is 3. The first kappa shape index (κ1) is 97.1. The Balaban J connectivity index is 0.000000217. The molecular formula is C96H114ClN13O12. The highest BCUT2D eigenvalue weighted by molar-refractivity contribution is 6.30. The molecule has 0 bridgehead atoms. The van der Waals surface area contributed by atoms with Crippen molar-refractivity contribution in [2.75, 3.05) is 36.3 Å². The zero-order valence-electron chi connectivity index (χ0n) is 73.4. The number of H-pyrrole nitrogens is 1. The van der Waals surface area contributed by atoms with Gasteiger partial charge in [0.25, 0.3) is 0 Å². The molecular weight excluding hydrogens is 1560 g/mol. The van der Waals surface area contributed by atoms with Gasteiger partial charge in [0, 0.05) is 82.6 Å². The molecule has 26 heteroatoms. The number of anilines is 3. The molecule has 13 aromatic rings. The third-order valence-electron chi connectivity index (χ3n) is 17.2. The SMILES string of the molecule is CC(C)(C)Oc1cccc(CC(N)=O)c1.CNc1cc2cc(OC(C)(C)C)ccc2c(C)n1.Cc1[nH]c(=O)cc2cc(OC(C)(C)C)ccc12.Cc1ccc2c(C)nc(N(C)C(N)=O)cc2c1.Cc1nc(Cl)cc2cc(OC(C)(C)C)ccc12.Cc1nc(N(C)C(N)=O)cc2cc(O)ccc12.N#CCc1cccc(O)c1.NC(=O)Cc1cccc(O)c1. The number of amides is 6. The number of hydrogen-bond acceptors (Lipinski definition) is 18. The van der Waals surface area contributed by atoms with Crippen LogP contribution in [-0.2, 0) is 28.9 Å². The number of ether oxygens (including phenoxy) is 4. The van der Waals surface area contributed by atoms with Crippen molar-refractivity contribution < 1.29 is 53.4 Å². The molecule has 13 rings (SSSR count). The van der Waals surface area contributed by atoms with Gasteiger partial charge in [-0.15, -0.1) is 0 Å². The van der Waals surface area contributed by atoms with Crippen molar-refractivity contribution in [3.63, 3.8) is 0 Å². The number of nitrogens with zero attached hydrogens (tertiary/aromatic N) is 7. The first-order valence-corrected chi connectivity index (χ1v) is 39.5. The number of pyridine rings is 5. The number of fused-ring (bicyclic) bond motifs is 5. The van der Waals surface area contributed by atoms with Gasteiger partial charge in [-0.2, -0.15) is 5.26 Å². The molecule has 0 spiro atoms. The molecule has 8 aromatic carbocycles. The topological polar surface area (TPSA) is 397 Å². The molecule has 25 nitrogen and oxygen atoms in total. The van der Waals surface area contributed by atoms with Crippen molar-refractivity contribution in [3.05, 3.63) is 260 Å². The zero-order valence-corrected chi connectivity index (χ0v) is 74.2. The highest BCUT2D eigenvalue weighted by atomic mass is 35.5. The van der Waals surface area contributed by atoms with E-state index < -0.39 is 18.0 Å². The van der Waals surface area contributed by atoms with Gasteiger partial charge >= 0.3 is 12.1 Å². The summed E-state index contributed by atoms with van der Waals surface area (Å²) in [6.07, 6.45) is 0.782. The molecule has 0 saturated heterocycles. The van der Waals surface area contributed by atoms with Crippen LogP contribution in [0.3, 0.4) is 0 Å². The minimum atomic E-state index is -0.573. The molecule has 0 radical (unpaired) electrons. The maximum Gasteiger partial charge on any atom is 0.320 e. The highest BCUT2D eigenvalue weighted by Gasteiger charge is 2.19. The lowest BCUT2D eigenvalue weighted by atomic mass is 10.1. The van der Waals surface area contributed by atoms with E-state index >= 15 is 0 Å². The van der Waals surface area contributed by atoms with E-state index in [1.165, 1.54) is 21.4 Å². The number of aryl methyl sites for hydroxylation is 6. The maximum absolute atomic E-state index is 11.4. The van der Waals surface area contributed by atoms with Gasteiger partial charge in [-0.3, -0.25) is 24.2 Å². The molecule has 0 fully saturated rings. The number of hydrogen-bond donors (Lipinski definition) is 9. The van der Waals surface area contributed by atoms with Gasteiger partial charge in [-0.05, 0) is 302 Å². The largest absolute Gasteiger partial charge is 0.508 e. The number of carbonyl (C=O) groups is 4. The standard InChI is InChI=1S/C15H20N2O.C14H16ClNO.C14H17NO2.C13H15N3O.C12H13N3O2.C12H17NO2.C8H9NO2.C8H7NO/c1-10-13-7-6-12(18-15(2,3)4)8-11(13)9-14(16-5)17-10;1-9-12-6-5-11(17-14(2,3)4)7-10(12)8-13(15)16-9;1-9-12-6-5-11(17-14(2,3)4)7-10(12)8-13(16)15-9;1-8-4-5-11-9(2)15-12(7-10(11)6-8)16(3)13(14)17;1-7-10-4-3-9(16)5-8(10)6-11(14-7)15(2)12(13)17;1-12(2,3)15-10-6-4-5-9(7-10)8-11(13)14;9-8(11)5-6-2-1-3-7(10)4-6;9-5-4-7-2-1-3-8(10)6-7/h6-9H,1-5H3,(H,16,17);5-8H,1-4H3;5-8H,1-4H3,(H,15,16);4-7H,1-3H3,(H2,14,17);3-6,16H,1-2H3,(H2,13,17);4-7H,8H2,1-3H3,(H2,13,14);1-4,10H,5H2,(H2,9,11);1-3,6,10H,4H2. The molecule has 5 heterocycles. The lowest BCUT2D eigenvalue weighted by Gasteiger charge is -2.21. The number of urea groups is 2. The van der Waals surface area contributed by atoms with Crippen LogP contribution in [0, 0.1) is 52.9 Å². The van der Waals surface area contributed by atoms with Crippen molar-refractivity contribution >= 4 is 107 Å². The number of aromatic amines is 1. The van der Waals surface area contributed by atoms with Gasteiger partial charge < -0.3 is 67.5 Å². The molecule has 0 saturated carbocycles. The lowest BCUT2D eigenvalue weighted by molar-refractivity contribution is -0.118. The molecule has 0 unspecified atom stereocenters. The van der Waals surface area contributed by atoms with Crippen molar-refractivity contribution in [3.8, 4) is 46.3 Å². The number of aromatic hydroxyl groups is 3. The quantitative estimate of drug-likeness (QED) is 0.0513. The van der Waals surface area contributed by atoms with Gasteiger partial charge in [0.05, 0.1) is 25.3 Å². The Hall–Kier alpha value is -13.7. The minimum absolute atomic E-state index is 0.0806.